The summed E-state index contributed by atoms with van der Waals surface area (Å²) < 4.78 is 3.98. The molecular weight excluding hydrogens is 192 g/mol. The SMILES string of the molecule is CCC(C)n1cc[n+](CC(O)CO)c1.[CH3-]. The van der Waals surface area contributed by atoms with Crippen LogP contribution in [0.1, 0.15) is 26.3 Å². The van der Waals surface area contributed by atoms with Gasteiger partial charge < -0.3 is 17.6 Å². The number of rotatable bonds is 5. The number of imidazole rings is 1. The molecule has 0 bridgehead atoms. The maximum atomic E-state index is 9.24. The van der Waals surface area contributed by atoms with Gasteiger partial charge in [0.1, 0.15) is 25.0 Å². The van der Waals surface area contributed by atoms with Crippen molar-refractivity contribution in [3.63, 3.8) is 0 Å². The Labute approximate surface area is 91.8 Å². The van der Waals surface area contributed by atoms with Gasteiger partial charge in [0.15, 0.2) is 0 Å². The van der Waals surface area contributed by atoms with Gasteiger partial charge in [0.25, 0.3) is 0 Å². The van der Waals surface area contributed by atoms with E-state index in [4.69, 9.17) is 5.11 Å². The van der Waals surface area contributed by atoms with Crippen molar-refractivity contribution in [3.05, 3.63) is 26.1 Å². The molecule has 0 saturated heterocycles. The molecule has 1 aromatic heterocycles. The van der Waals surface area contributed by atoms with Crippen molar-refractivity contribution < 1.29 is 14.8 Å². The van der Waals surface area contributed by atoms with Gasteiger partial charge in [0.2, 0.25) is 6.33 Å². The second-order valence-corrected chi connectivity index (χ2v) is 3.65. The molecule has 0 aliphatic rings. The van der Waals surface area contributed by atoms with Gasteiger partial charge in [-0.2, -0.15) is 0 Å². The van der Waals surface area contributed by atoms with E-state index in [1.807, 2.05) is 23.3 Å². The number of hydrogen-bond donors (Lipinski definition) is 2. The van der Waals surface area contributed by atoms with E-state index in [1.54, 1.807) is 0 Å². The molecule has 1 aromatic rings. The van der Waals surface area contributed by atoms with Gasteiger partial charge in [-0.1, -0.05) is 6.92 Å². The van der Waals surface area contributed by atoms with Crippen LogP contribution in [0.5, 0.6) is 0 Å². The van der Waals surface area contributed by atoms with Gasteiger partial charge in [-0.15, -0.1) is 0 Å². The Morgan fingerprint density at radius 1 is 1.47 bits per heavy atom. The number of aliphatic hydroxyl groups is 2. The van der Waals surface area contributed by atoms with Gasteiger partial charge in [-0.3, -0.25) is 0 Å². The molecule has 0 aromatic carbocycles. The molecule has 15 heavy (non-hydrogen) atoms. The van der Waals surface area contributed by atoms with E-state index in [0.29, 0.717) is 12.6 Å². The van der Waals surface area contributed by atoms with Gasteiger partial charge in [-0.25, -0.2) is 9.13 Å². The zero-order chi connectivity index (χ0) is 10.6. The highest BCUT2D eigenvalue weighted by Crippen LogP contribution is 2.07. The third kappa shape index (κ3) is 4.01. The summed E-state index contributed by atoms with van der Waals surface area (Å²) in [5, 5.41) is 17.9. The lowest BCUT2D eigenvalue weighted by atomic mass is 10.3. The smallest absolute Gasteiger partial charge is 0.244 e. The Bertz CT molecular complexity index is 273. The van der Waals surface area contributed by atoms with Crippen LogP contribution in [0, 0.1) is 7.43 Å². The molecule has 0 spiro atoms. The van der Waals surface area contributed by atoms with Crippen LogP contribution in [0.2, 0.25) is 0 Å². The lowest BCUT2D eigenvalue weighted by molar-refractivity contribution is -0.703. The molecule has 4 nitrogen and oxygen atoms in total. The minimum Gasteiger partial charge on any atom is -0.394 e. The molecule has 0 aliphatic carbocycles. The summed E-state index contributed by atoms with van der Waals surface area (Å²) in [6.45, 7) is 4.53. The summed E-state index contributed by atoms with van der Waals surface area (Å²) in [7, 11) is 0. The molecule has 2 unspecified atom stereocenters. The molecule has 2 atom stereocenters. The van der Waals surface area contributed by atoms with E-state index in [9.17, 15) is 5.11 Å². The van der Waals surface area contributed by atoms with Crippen LogP contribution in [-0.4, -0.2) is 27.5 Å². The lowest BCUT2D eigenvalue weighted by Gasteiger charge is -2.04. The number of hydrogen-bond acceptors (Lipinski definition) is 2. The Kier molecular flexibility index (Phi) is 6.20. The summed E-state index contributed by atoms with van der Waals surface area (Å²) in [6.07, 6.45) is 6.25. The van der Waals surface area contributed by atoms with Crippen molar-refractivity contribution in [2.75, 3.05) is 6.61 Å². The van der Waals surface area contributed by atoms with Crippen molar-refractivity contribution in [3.8, 4) is 0 Å². The van der Waals surface area contributed by atoms with E-state index in [2.05, 4.69) is 18.4 Å². The fraction of sp³-hybridized carbons (Fsp3) is 0.636. The third-order valence-electron chi connectivity index (χ3n) is 2.44. The Morgan fingerprint density at radius 2 is 2.13 bits per heavy atom. The van der Waals surface area contributed by atoms with E-state index < -0.39 is 6.10 Å². The van der Waals surface area contributed by atoms with E-state index >= 15 is 0 Å². The maximum Gasteiger partial charge on any atom is 0.244 e. The van der Waals surface area contributed by atoms with E-state index in [0.717, 1.165) is 6.42 Å². The van der Waals surface area contributed by atoms with Crippen molar-refractivity contribution in [2.24, 2.45) is 0 Å². The first-order valence-electron chi connectivity index (χ1n) is 5.02. The summed E-state index contributed by atoms with van der Waals surface area (Å²) in [5.41, 5.74) is 0. The van der Waals surface area contributed by atoms with Crippen molar-refractivity contribution >= 4 is 0 Å². The number of aromatic nitrogens is 2. The largest absolute Gasteiger partial charge is 0.394 e. The van der Waals surface area contributed by atoms with Gasteiger partial charge >= 0.3 is 0 Å². The van der Waals surface area contributed by atoms with Crippen LogP contribution in [0.25, 0.3) is 0 Å². The maximum absolute atomic E-state index is 9.24. The highest BCUT2D eigenvalue weighted by atomic mass is 16.3. The molecule has 0 radical (unpaired) electrons. The van der Waals surface area contributed by atoms with E-state index in [-0.39, 0.29) is 14.0 Å². The first-order valence-corrected chi connectivity index (χ1v) is 5.02. The van der Waals surface area contributed by atoms with Crippen molar-refractivity contribution in [1.82, 2.24) is 4.57 Å². The molecule has 2 N–H and O–H groups in total. The summed E-state index contributed by atoms with van der Waals surface area (Å²) in [4.78, 5) is 0. The van der Waals surface area contributed by atoms with Crippen LogP contribution < -0.4 is 4.57 Å². The average Bonchev–Trinajstić information content (AvgIpc) is 2.65. The number of nitrogens with zero attached hydrogens (tertiary/aromatic N) is 2. The highest BCUT2D eigenvalue weighted by Gasteiger charge is 2.12. The molecule has 88 valence electrons. The topological polar surface area (TPSA) is 49.3 Å². The highest BCUT2D eigenvalue weighted by molar-refractivity contribution is 4.71. The predicted molar refractivity (Wildman–Crippen MR) is 59.1 cm³/mol. The van der Waals surface area contributed by atoms with Crippen LogP contribution in [0.4, 0.5) is 0 Å². The zero-order valence-electron chi connectivity index (χ0n) is 9.80. The first kappa shape index (κ1) is 14.1. The fourth-order valence-electron chi connectivity index (χ4n) is 1.29. The monoisotopic (exact) mass is 214 g/mol. The van der Waals surface area contributed by atoms with Gasteiger partial charge in [-0.05, 0) is 13.3 Å². The molecule has 0 fully saturated rings. The molecule has 0 aliphatic heterocycles. The second-order valence-electron chi connectivity index (χ2n) is 3.65. The van der Waals surface area contributed by atoms with Crippen LogP contribution in [0.3, 0.4) is 0 Å². The molecular formula is C11H22N2O2. The van der Waals surface area contributed by atoms with Crippen LogP contribution in [-0.2, 0) is 6.54 Å². The minimum absolute atomic E-state index is 0. The normalized spacial score (nSPS) is 14.4. The first-order chi connectivity index (χ1) is 6.67. The fourth-order valence-corrected chi connectivity index (χ4v) is 1.29. The standard InChI is InChI=1S/C10H19N2O2.CH3/c1-3-9(2)12-5-4-11(8-12)6-10(14)7-13;/h4-5,8-10,13-14H,3,6-7H2,1-2H3;1H3/q+1;-1. The van der Waals surface area contributed by atoms with E-state index in [1.165, 1.54) is 0 Å². The minimum atomic E-state index is -0.673. The zero-order valence-corrected chi connectivity index (χ0v) is 9.80. The predicted octanol–water partition coefficient (Wildman–Crippen LogP) is 0.550. The average molecular weight is 214 g/mol. The van der Waals surface area contributed by atoms with Crippen molar-refractivity contribution in [2.45, 2.75) is 39.0 Å². The lowest BCUT2D eigenvalue weighted by Crippen LogP contribution is -2.39. The Morgan fingerprint density at radius 3 is 2.67 bits per heavy atom. The summed E-state index contributed by atoms with van der Waals surface area (Å²) in [5.74, 6) is 0. The quantitative estimate of drug-likeness (QED) is 0.555. The third-order valence-corrected chi connectivity index (χ3v) is 2.44. The molecule has 4 heteroatoms. The summed E-state index contributed by atoms with van der Waals surface area (Å²) in [6, 6.07) is 0.475. The molecule has 1 heterocycles. The molecule has 1 rings (SSSR count). The van der Waals surface area contributed by atoms with Crippen LogP contribution in [0.15, 0.2) is 18.7 Å². The Balaban J connectivity index is 0.00000196. The van der Waals surface area contributed by atoms with Crippen LogP contribution >= 0.6 is 0 Å². The van der Waals surface area contributed by atoms with Crippen molar-refractivity contribution in [1.29, 1.82) is 0 Å². The molecule has 0 saturated carbocycles. The van der Waals surface area contributed by atoms with Gasteiger partial charge in [0, 0.05) is 0 Å². The Hall–Kier alpha value is -0.870. The summed E-state index contributed by atoms with van der Waals surface area (Å²) >= 11 is 0. The second kappa shape index (κ2) is 6.58. The number of aliphatic hydroxyl groups excluding tert-OH is 2. The van der Waals surface area contributed by atoms with Gasteiger partial charge in [0.05, 0.1) is 12.6 Å². The molecule has 0 amide bonds.